The Morgan fingerprint density at radius 1 is 1.29 bits per heavy atom. The van der Waals surface area contributed by atoms with Gasteiger partial charge in [-0.2, -0.15) is 0 Å². The van der Waals surface area contributed by atoms with Gasteiger partial charge in [-0.15, -0.1) is 11.3 Å². The second-order valence-electron chi connectivity index (χ2n) is 6.97. The van der Waals surface area contributed by atoms with Crippen LogP contribution in [0.1, 0.15) is 13.8 Å². The molecule has 0 amide bonds. The van der Waals surface area contributed by atoms with Crippen LogP contribution in [0.2, 0.25) is 4.34 Å². The second-order valence-corrected chi connectivity index (χ2v) is 8.69. The van der Waals surface area contributed by atoms with Crippen molar-refractivity contribution in [3.8, 4) is 22.0 Å². The number of nitrogens with one attached hydrogen (secondary N) is 2. The zero-order valence-corrected chi connectivity index (χ0v) is 17.9. The van der Waals surface area contributed by atoms with E-state index in [2.05, 4.69) is 25.3 Å². The Morgan fingerprint density at radius 3 is 2.74 bits per heavy atom. The van der Waals surface area contributed by atoms with E-state index in [1.807, 2.05) is 0 Å². The van der Waals surface area contributed by atoms with E-state index in [1.54, 1.807) is 25.3 Å². The Balaban J connectivity index is 1.88. The Bertz CT molecular complexity index is 1290. The summed E-state index contributed by atoms with van der Waals surface area (Å²) in [6.07, 6.45) is 2.64. The maximum Gasteiger partial charge on any atom is 0.308 e. The number of rotatable bonds is 6. The summed E-state index contributed by atoms with van der Waals surface area (Å²) in [7, 11) is 0. The van der Waals surface area contributed by atoms with Crippen molar-refractivity contribution >= 4 is 45.8 Å². The van der Waals surface area contributed by atoms with Crippen LogP contribution in [0.25, 0.3) is 33.0 Å². The molecule has 0 saturated carbocycles. The number of aromatic nitrogens is 4. The molecule has 0 spiro atoms. The molecule has 0 unspecified atom stereocenters. The van der Waals surface area contributed by atoms with Gasteiger partial charge in [-0.1, -0.05) is 11.6 Å². The van der Waals surface area contributed by atoms with Crippen LogP contribution in [-0.4, -0.2) is 37.1 Å². The standard InChI is InChI=1S/C20H16ClF2N5O2S/c1-8(20(29)30)9(2)26-19-15(23)16(13-3-4-14(21)31-13)27-18(28-19)12-7-25-17-11(12)5-10(22)6-24-17/h3-9H,1-2H3,(H,24,25)(H,29,30)(H,26,27,28)/t8-,9-/m0/s1. The second kappa shape index (κ2) is 8.20. The highest BCUT2D eigenvalue weighted by molar-refractivity contribution is 7.19. The molecule has 0 bridgehead atoms. The lowest BCUT2D eigenvalue weighted by atomic mass is 10.0. The van der Waals surface area contributed by atoms with Crippen LogP contribution in [0.5, 0.6) is 0 Å². The predicted octanol–water partition coefficient (Wildman–Crippen LogP) is 5.20. The van der Waals surface area contributed by atoms with Gasteiger partial charge in [0.05, 0.1) is 21.3 Å². The number of nitrogens with zero attached hydrogens (tertiary/aromatic N) is 3. The van der Waals surface area contributed by atoms with E-state index in [9.17, 15) is 14.3 Å². The van der Waals surface area contributed by atoms with Gasteiger partial charge in [0.25, 0.3) is 0 Å². The lowest BCUT2D eigenvalue weighted by Crippen LogP contribution is -2.30. The summed E-state index contributed by atoms with van der Waals surface area (Å²) in [5.74, 6) is -3.15. The van der Waals surface area contributed by atoms with Gasteiger partial charge in [0, 0.05) is 23.2 Å². The average molecular weight is 464 g/mol. The van der Waals surface area contributed by atoms with E-state index in [1.165, 1.54) is 13.0 Å². The number of aromatic amines is 1. The van der Waals surface area contributed by atoms with Crippen LogP contribution in [-0.2, 0) is 4.79 Å². The lowest BCUT2D eigenvalue weighted by molar-refractivity contribution is -0.141. The minimum absolute atomic E-state index is 0.00158. The lowest BCUT2D eigenvalue weighted by Gasteiger charge is -2.19. The minimum atomic E-state index is -1.03. The Kier molecular flexibility index (Phi) is 5.59. The molecule has 160 valence electrons. The summed E-state index contributed by atoms with van der Waals surface area (Å²) in [5.41, 5.74) is 0.846. The van der Waals surface area contributed by atoms with Crippen molar-refractivity contribution in [1.82, 2.24) is 19.9 Å². The van der Waals surface area contributed by atoms with Gasteiger partial charge in [0.15, 0.2) is 17.5 Å². The van der Waals surface area contributed by atoms with Crippen molar-refractivity contribution in [2.45, 2.75) is 19.9 Å². The zero-order valence-electron chi connectivity index (χ0n) is 16.3. The number of carboxylic acids is 1. The third-order valence-corrected chi connectivity index (χ3v) is 6.14. The fourth-order valence-electron chi connectivity index (χ4n) is 2.99. The first-order valence-electron chi connectivity index (χ1n) is 9.20. The summed E-state index contributed by atoms with van der Waals surface area (Å²) in [6, 6.07) is 3.91. The molecule has 2 atom stereocenters. The molecule has 0 saturated heterocycles. The third kappa shape index (κ3) is 4.08. The van der Waals surface area contributed by atoms with Crippen molar-refractivity contribution in [3.63, 3.8) is 0 Å². The van der Waals surface area contributed by atoms with Crippen LogP contribution in [0, 0.1) is 17.6 Å². The first kappa shape index (κ1) is 21.1. The maximum absolute atomic E-state index is 15.3. The normalized spacial score (nSPS) is 13.3. The van der Waals surface area contributed by atoms with E-state index >= 15 is 4.39 Å². The third-order valence-electron chi connectivity index (χ3n) is 4.90. The molecular formula is C20H16ClF2N5O2S. The van der Waals surface area contributed by atoms with Crippen molar-refractivity contribution in [2.24, 2.45) is 5.92 Å². The van der Waals surface area contributed by atoms with E-state index in [-0.39, 0.29) is 17.3 Å². The number of aliphatic carboxylic acids is 1. The number of thiophene rings is 1. The summed E-state index contributed by atoms with van der Waals surface area (Å²) < 4.78 is 29.6. The number of H-pyrrole nitrogens is 1. The molecule has 0 aliphatic carbocycles. The van der Waals surface area contributed by atoms with Gasteiger partial charge in [-0.05, 0) is 32.0 Å². The van der Waals surface area contributed by atoms with Crippen LogP contribution < -0.4 is 5.32 Å². The SMILES string of the molecule is C[C@H](Nc1nc(-c2c[nH]c3ncc(F)cc23)nc(-c2ccc(Cl)s2)c1F)[C@H](C)C(=O)O. The monoisotopic (exact) mass is 463 g/mol. The summed E-state index contributed by atoms with van der Waals surface area (Å²) in [4.78, 5) is 27.3. The van der Waals surface area contributed by atoms with Gasteiger partial charge in [-0.3, -0.25) is 4.79 Å². The first-order valence-corrected chi connectivity index (χ1v) is 10.4. The number of pyridine rings is 1. The molecule has 0 aliphatic rings. The molecule has 0 radical (unpaired) electrons. The quantitative estimate of drug-likeness (QED) is 0.363. The Labute approximate surface area is 184 Å². The molecule has 4 aromatic rings. The number of halogens is 3. The smallest absolute Gasteiger partial charge is 0.308 e. The number of carbonyl (C=O) groups is 1. The highest BCUT2D eigenvalue weighted by Crippen LogP contribution is 2.36. The van der Waals surface area contributed by atoms with Gasteiger partial charge >= 0.3 is 5.97 Å². The topological polar surface area (TPSA) is 104 Å². The number of hydrogen-bond acceptors (Lipinski definition) is 6. The number of anilines is 1. The number of carboxylic acid groups (broad SMARTS) is 1. The van der Waals surface area contributed by atoms with Gasteiger partial charge in [0.2, 0.25) is 0 Å². The van der Waals surface area contributed by atoms with Crippen LogP contribution in [0.15, 0.2) is 30.6 Å². The molecule has 0 aliphatic heterocycles. The van der Waals surface area contributed by atoms with Crippen LogP contribution in [0.3, 0.4) is 0 Å². The fraction of sp³-hybridized carbons (Fsp3) is 0.200. The first-order chi connectivity index (χ1) is 14.7. The molecule has 0 fully saturated rings. The van der Waals surface area contributed by atoms with E-state index < -0.39 is 29.6 Å². The number of fused-ring (bicyclic) bond motifs is 1. The molecule has 31 heavy (non-hydrogen) atoms. The van der Waals surface area contributed by atoms with Crippen LogP contribution >= 0.6 is 22.9 Å². The molecule has 11 heteroatoms. The largest absolute Gasteiger partial charge is 0.481 e. The molecule has 7 nitrogen and oxygen atoms in total. The van der Waals surface area contributed by atoms with E-state index in [0.29, 0.717) is 25.8 Å². The highest BCUT2D eigenvalue weighted by Gasteiger charge is 2.25. The molecule has 3 N–H and O–H groups in total. The molecule has 4 aromatic heterocycles. The average Bonchev–Trinajstić information content (AvgIpc) is 3.34. The van der Waals surface area contributed by atoms with E-state index in [0.717, 1.165) is 17.5 Å². The number of hydrogen-bond donors (Lipinski definition) is 3. The molecule has 4 rings (SSSR count). The van der Waals surface area contributed by atoms with Crippen molar-refractivity contribution in [3.05, 3.63) is 46.6 Å². The summed E-state index contributed by atoms with van der Waals surface area (Å²) in [5, 5.41) is 12.5. The fourth-order valence-corrected chi connectivity index (χ4v) is 4.01. The predicted molar refractivity (Wildman–Crippen MR) is 115 cm³/mol. The summed E-state index contributed by atoms with van der Waals surface area (Å²) in [6.45, 7) is 3.13. The van der Waals surface area contributed by atoms with E-state index in [4.69, 9.17) is 11.6 Å². The van der Waals surface area contributed by atoms with Crippen LogP contribution in [0.4, 0.5) is 14.6 Å². The maximum atomic E-state index is 15.3. The van der Waals surface area contributed by atoms with Crippen molar-refractivity contribution in [2.75, 3.05) is 5.32 Å². The van der Waals surface area contributed by atoms with Crippen molar-refractivity contribution in [1.29, 1.82) is 0 Å². The van der Waals surface area contributed by atoms with Gasteiger partial charge in [-0.25, -0.2) is 23.7 Å². The highest BCUT2D eigenvalue weighted by atomic mass is 35.5. The molecule has 4 heterocycles. The Hall–Kier alpha value is -3.11. The zero-order chi connectivity index (χ0) is 22.3. The van der Waals surface area contributed by atoms with Gasteiger partial charge in [0.1, 0.15) is 17.2 Å². The summed E-state index contributed by atoms with van der Waals surface area (Å²) >= 11 is 7.15. The van der Waals surface area contributed by atoms with Crippen molar-refractivity contribution < 1.29 is 18.7 Å². The minimum Gasteiger partial charge on any atom is -0.481 e. The molecule has 0 aromatic carbocycles. The molecular weight excluding hydrogens is 448 g/mol. The Morgan fingerprint density at radius 2 is 2.06 bits per heavy atom. The van der Waals surface area contributed by atoms with Gasteiger partial charge < -0.3 is 15.4 Å².